The van der Waals surface area contributed by atoms with E-state index in [9.17, 15) is 0 Å². The zero-order chi connectivity index (χ0) is 19.0. The van der Waals surface area contributed by atoms with Crippen molar-refractivity contribution in [3.05, 3.63) is 0 Å². The van der Waals surface area contributed by atoms with Crippen LogP contribution in [0.4, 0.5) is 0 Å². The van der Waals surface area contributed by atoms with Gasteiger partial charge < -0.3 is 4.90 Å². The molecule has 0 aliphatic carbocycles. The van der Waals surface area contributed by atoms with Gasteiger partial charge in [0.15, 0.2) is 0 Å². The summed E-state index contributed by atoms with van der Waals surface area (Å²) in [4.78, 5) is 2.00. The van der Waals surface area contributed by atoms with Crippen LogP contribution in [0, 0.1) is 0 Å². The summed E-state index contributed by atoms with van der Waals surface area (Å²) in [6, 6.07) is 0. The van der Waals surface area contributed by atoms with Gasteiger partial charge in [0.25, 0.3) is 0 Å². The lowest BCUT2D eigenvalue weighted by Crippen LogP contribution is -1.99. The Kier molecular flexibility index (Phi) is 36.1. The molecular weight excluding hydrogens is 382 g/mol. The molecule has 2 heteroatoms. The minimum atomic E-state index is 0. The van der Waals surface area contributed by atoms with Crippen LogP contribution in [0.3, 0.4) is 0 Å². The molecule has 0 N–H and O–H groups in total. The second kappa shape index (κ2) is 30.2. The molecule has 0 rings (SSSR count). The minimum Gasteiger partial charge on any atom is -0.312 e. The number of hydrogen-bond acceptors (Lipinski definition) is 1. The molecule has 0 saturated heterocycles. The fourth-order valence-electron chi connectivity index (χ4n) is 3.15. The summed E-state index contributed by atoms with van der Waals surface area (Å²) in [6.07, 6.45) is 27.9. The highest BCUT2D eigenvalue weighted by molar-refractivity contribution is 8.93. The summed E-state index contributed by atoms with van der Waals surface area (Å²) >= 11 is 0. The molecule has 0 spiro atoms. The van der Waals surface area contributed by atoms with Crippen LogP contribution in [0.15, 0.2) is 0 Å². The largest absolute Gasteiger partial charge is 0.312 e. The SMILES string of the molecule is Br.CCCCCCCCCCCCCCCCCCCCC.CN(C)C. The van der Waals surface area contributed by atoms with Crippen molar-refractivity contribution in [1.29, 1.82) is 0 Å². The van der Waals surface area contributed by atoms with Crippen LogP contribution in [0.25, 0.3) is 0 Å². The molecule has 0 aromatic carbocycles. The van der Waals surface area contributed by atoms with E-state index in [4.69, 9.17) is 0 Å². The van der Waals surface area contributed by atoms with Gasteiger partial charge in [-0.05, 0) is 21.1 Å². The Morgan fingerprint density at radius 3 is 0.577 bits per heavy atom. The first kappa shape index (κ1) is 31.1. The molecule has 0 heterocycles. The Bertz CT molecular complexity index is 186. The van der Waals surface area contributed by atoms with Crippen LogP contribution in [0.1, 0.15) is 136 Å². The van der Waals surface area contributed by atoms with Gasteiger partial charge >= 0.3 is 0 Å². The van der Waals surface area contributed by atoms with Crippen molar-refractivity contribution in [1.82, 2.24) is 4.90 Å². The van der Waals surface area contributed by atoms with Gasteiger partial charge in [0, 0.05) is 0 Å². The molecule has 0 aromatic rings. The number of unbranched alkanes of at least 4 members (excludes halogenated alkanes) is 18. The van der Waals surface area contributed by atoms with Gasteiger partial charge in [-0.15, -0.1) is 17.0 Å². The number of nitrogens with zero attached hydrogens (tertiary/aromatic N) is 1. The molecule has 0 amide bonds. The Morgan fingerprint density at radius 2 is 0.462 bits per heavy atom. The molecule has 0 aromatic heterocycles. The second-order valence-corrected chi connectivity index (χ2v) is 8.35. The molecule has 26 heavy (non-hydrogen) atoms. The number of halogens is 1. The first-order valence-electron chi connectivity index (χ1n) is 11.8. The van der Waals surface area contributed by atoms with E-state index in [0.29, 0.717) is 0 Å². The van der Waals surface area contributed by atoms with Gasteiger partial charge in [-0.3, -0.25) is 0 Å². The van der Waals surface area contributed by atoms with Crippen molar-refractivity contribution in [2.75, 3.05) is 21.1 Å². The zero-order valence-corrected chi connectivity index (χ0v) is 21.0. The Balaban J connectivity index is -0.000000951. The highest BCUT2D eigenvalue weighted by Gasteiger charge is 1.94. The lowest BCUT2D eigenvalue weighted by atomic mass is 10.0. The van der Waals surface area contributed by atoms with Crippen molar-refractivity contribution in [2.45, 2.75) is 136 Å². The highest BCUT2D eigenvalue weighted by atomic mass is 79.9. The van der Waals surface area contributed by atoms with E-state index in [2.05, 4.69) is 13.8 Å². The summed E-state index contributed by atoms with van der Waals surface area (Å²) < 4.78 is 0. The Hall–Kier alpha value is 0.440. The normalized spacial score (nSPS) is 10.4. The second-order valence-electron chi connectivity index (χ2n) is 8.35. The maximum atomic E-state index is 2.30. The third-order valence-corrected chi connectivity index (χ3v) is 4.71. The Labute approximate surface area is 178 Å². The van der Waals surface area contributed by atoms with Gasteiger partial charge in [-0.2, -0.15) is 0 Å². The van der Waals surface area contributed by atoms with E-state index < -0.39 is 0 Å². The summed E-state index contributed by atoms with van der Waals surface area (Å²) in [7, 11) is 6.00. The smallest absolute Gasteiger partial charge is 0.0140 e. The molecule has 0 atom stereocenters. The molecule has 1 nitrogen and oxygen atoms in total. The lowest BCUT2D eigenvalue weighted by Gasteiger charge is -2.03. The van der Waals surface area contributed by atoms with Crippen molar-refractivity contribution in [3.63, 3.8) is 0 Å². The predicted molar refractivity (Wildman–Crippen MR) is 129 cm³/mol. The summed E-state index contributed by atoms with van der Waals surface area (Å²) in [5.74, 6) is 0. The molecule has 162 valence electrons. The molecule has 0 aliphatic heterocycles. The standard InChI is InChI=1S/C21H44.C3H9N.BrH/c1-3-5-7-9-11-13-15-17-19-21-20-18-16-14-12-10-8-6-4-2;1-4(2)3;/h3-21H2,1-2H3;1-3H3;1H. The van der Waals surface area contributed by atoms with Crippen molar-refractivity contribution < 1.29 is 0 Å². The minimum absolute atomic E-state index is 0. The van der Waals surface area contributed by atoms with Gasteiger partial charge in [0.2, 0.25) is 0 Å². The summed E-state index contributed by atoms with van der Waals surface area (Å²) in [6.45, 7) is 4.60. The molecular formula is C24H54BrN. The predicted octanol–water partition coefficient (Wildman–Crippen LogP) is 9.19. The van der Waals surface area contributed by atoms with Crippen LogP contribution in [0.2, 0.25) is 0 Å². The van der Waals surface area contributed by atoms with Crippen molar-refractivity contribution >= 4 is 17.0 Å². The third-order valence-electron chi connectivity index (χ3n) is 4.71. The fraction of sp³-hybridized carbons (Fsp3) is 1.00. The first-order valence-corrected chi connectivity index (χ1v) is 11.8. The maximum Gasteiger partial charge on any atom is -0.0140 e. The lowest BCUT2D eigenvalue weighted by molar-refractivity contribution is 0.505. The van der Waals surface area contributed by atoms with E-state index in [1.807, 2.05) is 26.0 Å². The quantitative estimate of drug-likeness (QED) is 0.194. The number of hydrogen-bond donors (Lipinski definition) is 0. The molecule has 0 bridgehead atoms. The van der Waals surface area contributed by atoms with Gasteiger partial charge in [0.05, 0.1) is 0 Å². The first-order chi connectivity index (χ1) is 12.1. The fourth-order valence-corrected chi connectivity index (χ4v) is 3.15. The Morgan fingerprint density at radius 1 is 0.346 bits per heavy atom. The van der Waals surface area contributed by atoms with Crippen LogP contribution < -0.4 is 0 Å². The van der Waals surface area contributed by atoms with E-state index in [1.165, 1.54) is 122 Å². The van der Waals surface area contributed by atoms with Crippen LogP contribution in [-0.4, -0.2) is 26.0 Å². The zero-order valence-electron chi connectivity index (χ0n) is 19.3. The van der Waals surface area contributed by atoms with Gasteiger partial charge in [0.1, 0.15) is 0 Å². The van der Waals surface area contributed by atoms with Crippen molar-refractivity contribution in [2.24, 2.45) is 0 Å². The van der Waals surface area contributed by atoms with E-state index >= 15 is 0 Å². The van der Waals surface area contributed by atoms with Gasteiger partial charge in [-0.25, -0.2) is 0 Å². The molecule has 0 fully saturated rings. The maximum absolute atomic E-state index is 2.30. The molecule has 0 aliphatic rings. The average molecular weight is 437 g/mol. The van der Waals surface area contributed by atoms with E-state index in [0.717, 1.165) is 0 Å². The molecule has 0 unspecified atom stereocenters. The van der Waals surface area contributed by atoms with Crippen LogP contribution >= 0.6 is 17.0 Å². The van der Waals surface area contributed by atoms with Crippen LogP contribution in [0.5, 0.6) is 0 Å². The summed E-state index contributed by atoms with van der Waals surface area (Å²) in [5, 5.41) is 0. The third kappa shape index (κ3) is 39.5. The van der Waals surface area contributed by atoms with Gasteiger partial charge in [-0.1, -0.05) is 136 Å². The number of rotatable bonds is 18. The monoisotopic (exact) mass is 435 g/mol. The topological polar surface area (TPSA) is 3.24 Å². The molecule has 0 radical (unpaired) electrons. The van der Waals surface area contributed by atoms with Crippen LogP contribution in [-0.2, 0) is 0 Å². The van der Waals surface area contributed by atoms with Crippen molar-refractivity contribution in [3.8, 4) is 0 Å². The van der Waals surface area contributed by atoms with E-state index in [-0.39, 0.29) is 17.0 Å². The van der Waals surface area contributed by atoms with E-state index in [1.54, 1.807) is 0 Å². The average Bonchev–Trinajstić information content (AvgIpc) is 2.57. The summed E-state index contributed by atoms with van der Waals surface area (Å²) in [5.41, 5.74) is 0. The highest BCUT2D eigenvalue weighted by Crippen LogP contribution is 2.14. The molecule has 0 saturated carbocycles.